The highest BCUT2D eigenvalue weighted by atomic mass is 35.5. The number of hydrogen-bond acceptors (Lipinski definition) is 4. The van der Waals surface area contributed by atoms with Crippen LogP contribution in [-0.4, -0.2) is 24.0 Å². The maximum Gasteiger partial charge on any atom is 0.189 e. The highest BCUT2D eigenvalue weighted by Gasteiger charge is 2.19. The van der Waals surface area contributed by atoms with E-state index >= 15 is 0 Å². The summed E-state index contributed by atoms with van der Waals surface area (Å²) in [5.41, 5.74) is 8.02. The van der Waals surface area contributed by atoms with Crippen molar-refractivity contribution >= 4 is 34.7 Å². The Morgan fingerprint density at radius 1 is 1.40 bits per heavy atom. The largest absolute Gasteiger partial charge is 0.397 e. The van der Waals surface area contributed by atoms with Crippen LogP contribution in [0.15, 0.2) is 29.4 Å². The molecule has 0 fully saturated rings. The third-order valence-corrected chi connectivity index (χ3v) is 4.23. The zero-order chi connectivity index (χ0) is 18.6. The van der Waals surface area contributed by atoms with Crippen molar-refractivity contribution in [3.63, 3.8) is 0 Å². The average molecular weight is 385 g/mol. The van der Waals surface area contributed by atoms with Crippen LogP contribution in [0.4, 0.5) is 10.1 Å². The number of rotatable bonds is 6. The average Bonchev–Trinajstić information content (AvgIpc) is 2.56. The van der Waals surface area contributed by atoms with Crippen molar-refractivity contribution in [3.05, 3.63) is 46.0 Å². The van der Waals surface area contributed by atoms with Gasteiger partial charge in [0.05, 0.1) is 5.02 Å². The Labute approximate surface area is 156 Å². The molecule has 3 N–H and O–H groups in total. The van der Waals surface area contributed by atoms with E-state index in [1.54, 1.807) is 12.1 Å². The molecule has 2 rings (SSSR count). The molecule has 0 bridgehead atoms. The predicted octanol–water partition coefficient (Wildman–Crippen LogP) is 4.67. The molecule has 0 spiro atoms. The summed E-state index contributed by atoms with van der Waals surface area (Å²) >= 11 is 12.6. The van der Waals surface area contributed by atoms with E-state index in [0.717, 1.165) is 6.42 Å². The lowest BCUT2D eigenvalue weighted by molar-refractivity contribution is 0.213. The second-order valence-corrected chi connectivity index (χ2v) is 6.22. The van der Waals surface area contributed by atoms with Crippen LogP contribution in [0.1, 0.15) is 26.0 Å². The summed E-state index contributed by atoms with van der Waals surface area (Å²) in [6.07, 6.45) is 0.882. The second kappa shape index (κ2) is 8.36. The Morgan fingerprint density at radius 2 is 2.12 bits per heavy atom. The molecule has 1 aromatic heterocycles. The monoisotopic (exact) mass is 384 g/mol. The Kier molecular flexibility index (Phi) is 6.45. The summed E-state index contributed by atoms with van der Waals surface area (Å²) in [5.74, 6) is -0.337. The molecule has 1 atom stereocenters. The molecule has 0 radical (unpaired) electrons. The van der Waals surface area contributed by atoms with Gasteiger partial charge in [0, 0.05) is 22.9 Å². The number of amidine groups is 1. The highest BCUT2D eigenvalue weighted by Crippen LogP contribution is 2.39. The van der Waals surface area contributed by atoms with Gasteiger partial charge in [-0.05, 0) is 37.6 Å². The zero-order valence-electron chi connectivity index (χ0n) is 14.1. The van der Waals surface area contributed by atoms with E-state index in [0.29, 0.717) is 22.5 Å². The molecule has 1 unspecified atom stereocenters. The summed E-state index contributed by atoms with van der Waals surface area (Å²) in [6, 6.07) is 5.98. The molecular formula is C17H19Cl2FN4O. The minimum Gasteiger partial charge on any atom is -0.397 e. The molecular weight excluding hydrogens is 366 g/mol. The van der Waals surface area contributed by atoms with Crippen LogP contribution >= 0.6 is 23.2 Å². The van der Waals surface area contributed by atoms with Crippen LogP contribution < -0.4 is 11.1 Å². The number of anilines is 1. The van der Waals surface area contributed by atoms with Crippen molar-refractivity contribution in [2.24, 2.45) is 10.9 Å². The van der Waals surface area contributed by atoms with E-state index in [2.05, 4.69) is 20.3 Å². The van der Waals surface area contributed by atoms with Crippen LogP contribution in [0.5, 0.6) is 0 Å². The van der Waals surface area contributed by atoms with E-state index in [1.807, 2.05) is 13.8 Å². The number of aromatic nitrogens is 1. The number of nitrogens with two attached hydrogens (primary N) is 1. The number of nitrogens with zero attached hydrogens (tertiary/aromatic N) is 2. The number of nitrogens with one attached hydrogen (secondary N) is 1. The lowest BCUT2D eigenvalue weighted by atomic mass is 10.0. The highest BCUT2D eigenvalue weighted by molar-refractivity contribution is 6.36. The zero-order valence-corrected chi connectivity index (χ0v) is 15.6. The predicted molar refractivity (Wildman–Crippen MR) is 101 cm³/mol. The molecule has 0 aliphatic heterocycles. The van der Waals surface area contributed by atoms with Gasteiger partial charge >= 0.3 is 0 Å². The van der Waals surface area contributed by atoms with Crippen LogP contribution in [0.25, 0.3) is 11.1 Å². The Balaban J connectivity index is 2.66. The lowest BCUT2D eigenvalue weighted by Gasteiger charge is -2.19. The molecule has 0 saturated carbocycles. The molecule has 134 valence electrons. The number of pyridine rings is 1. The van der Waals surface area contributed by atoms with Crippen molar-refractivity contribution < 1.29 is 9.23 Å². The maximum atomic E-state index is 13.4. The minimum atomic E-state index is -0.428. The van der Waals surface area contributed by atoms with Crippen molar-refractivity contribution in [2.45, 2.75) is 26.3 Å². The van der Waals surface area contributed by atoms with Crippen molar-refractivity contribution in [2.75, 3.05) is 12.4 Å². The Hall–Kier alpha value is -2.05. The number of oxime groups is 1. The fraction of sp³-hybridized carbons (Fsp3) is 0.294. The molecule has 0 saturated heterocycles. The molecule has 0 aliphatic carbocycles. The lowest BCUT2D eigenvalue weighted by Crippen LogP contribution is -2.19. The van der Waals surface area contributed by atoms with E-state index < -0.39 is 5.82 Å². The van der Waals surface area contributed by atoms with E-state index in [9.17, 15) is 4.39 Å². The number of benzene rings is 1. The number of hydrogen-bond donors (Lipinski definition) is 2. The first kappa shape index (κ1) is 19.3. The summed E-state index contributed by atoms with van der Waals surface area (Å²) in [5, 5.41) is 7.44. The van der Waals surface area contributed by atoms with Crippen molar-refractivity contribution in [1.29, 1.82) is 0 Å². The maximum absolute atomic E-state index is 13.4. The van der Waals surface area contributed by atoms with Gasteiger partial charge in [0.1, 0.15) is 23.8 Å². The first-order valence-corrected chi connectivity index (χ1v) is 8.42. The Bertz CT molecular complexity index is 798. The SMILES string of the molecule is CCC(C)Nc1cc(C(N)=NOC)nc(Cl)c1-c1ccc(F)cc1Cl. The first-order valence-electron chi connectivity index (χ1n) is 7.66. The van der Waals surface area contributed by atoms with Gasteiger partial charge in [-0.3, -0.25) is 0 Å². The van der Waals surface area contributed by atoms with E-state index in [1.165, 1.54) is 19.2 Å². The molecule has 25 heavy (non-hydrogen) atoms. The quantitative estimate of drug-likeness (QED) is 0.328. The van der Waals surface area contributed by atoms with Gasteiger partial charge in [0.25, 0.3) is 0 Å². The summed E-state index contributed by atoms with van der Waals surface area (Å²) in [6.45, 7) is 4.07. The van der Waals surface area contributed by atoms with Gasteiger partial charge in [-0.15, -0.1) is 0 Å². The molecule has 8 heteroatoms. The van der Waals surface area contributed by atoms with Crippen LogP contribution in [0, 0.1) is 5.82 Å². The van der Waals surface area contributed by atoms with E-state index in [4.69, 9.17) is 28.9 Å². The van der Waals surface area contributed by atoms with Gasteiger partial charge in [-0.1, -0.05) is 35.3 Å². The van der Waals surface area contributed by atoms with Crippen LogP contribution in [0.3, 0.4) is 0 Å². The van der Waals surface area contributed by atoms with Gasteiger partial charge in [0.15, 0.2) is 5.84 Å². The third kappa shape index (κ3) is 4.52. The molecule has 2 aromatic rings. The molecule has 0 aliphatic rings. The van der Waals surface area contributed by atoms with Crippen molar-refractivity contribution in [1.82, 2.24) is 4.98 Å². The minimum absolute atomic E-state index is 0.0911. The fourth-order valence-corrected chi connectivity index (χ4v) is 2.78. The Morgan fingerprint density at radius 3 is 2.72 bits per heavy atom. The first-order chi connectivity index (χ1) is 11.9. The van der Waals surface area contributed by atoms with Crippen molar-refractivity contribution in [3.8, 4) is 11.1 Å². The normalized spacial score (nSPS) is 12.8. The molecule has 5 nitrogen and oxygen atoms in total. The fourth-order valence-electron chi connectivity index (χ4n) is 2.22. The summed E-state index contributed by atoms with van der Waals surface area (Å²) in [4.78, 5) is 8.95. The molecule has 0 amide bonds. The smallest absolute Gasteiger partial charge is 0.189 e. The number of halogens is 3. The van der Waals surface area contributed by atoms with Gasteiger partial charge in [0.2, 0.25) is 0 Å². The molecule has 1 aromatic carbocycles. The molecule has 1 heterocycles. The summed E-state index contributed by atoms with van der Waals surface area (Å²) < 4.78 is 13.4. The van der Waals surface area contributed by atoms with Gasteiger partial charge in [-0.2, -0.15) is 0 Å². The third-order valence-electron chi connectivity index (χ3n) is 3.64. The second-order valence-electron chi connectivity index (χ2n) is 5.46. The van der Waals surface area contributed by atoms with E-state index in [-0.39, 0.29) is 22.1 Å². The topological polar surface area (TPSA) is 72.5 Å². The van der Waals surface area contributed by atoms with Gasteiger partial charge < -0.3 is 15.9 Å². The summed E-state index contributed by atoms with van der Waals surface area (Å²) in [7, 11) is 1.39. The van der Waals surface area contributed by atoms with Crippen LogP contribution in [0.2, 0.25) is 10.2 Å². The van der Waals surface area contributed by atoms with Crippen LogP contribution in [-0.2, 0) is 4.84 Å². The van der Waals surface area contributed by atoms with Gasteiger partial charge in [-0.25, -0.2) is 9.37 Å². The standard InChI is InChI=1S/C17H19Cl2FN4O/c1-4-9(2)22-13-8-14(17(21)24-25-3)23-16(19)15(13)11-6-5-10(20)7-12(11)18/h5-9H,4H2,1-3H3,(H2,21,24)(H,22,23).